The zero-order valence-electron chi connectivity index (χ0n) is 10.5. The molecule has 92 valence electrons. The largest absolute Gasteiger partial charge is 0.496 e. The molecule has 0 saturated carbocycles. The van der Waals surface area contributed by atoms with Gasteiger partial charge in [0.1, 0.15) is 5.75 Å². The Morgan fingerprint density at radius 1 is 1.33 bits per heavy atom. The van der Waals surface area contributed by atoms with Crippen LogP contribution in [0.15, 0.2) is 34.6 Å². The van der Waals surface area contributed by atoms with Gasteiger partial charge in [-0.1, -0.05) is 6.07 Å². The van der Waals surface area contributed by atoms with Crippen molar-refractivity contribution in [3.63, 3.8) is 0 Å². The minimum absolute atomic E-state index is 0.267. The normalized spacial score (nSPS) is 17.6. The van der Waals surface area contributed by atoms with Crippen molar-refractivity contribution in [2.75, 3.05) is 7.11 Å². The van der Waals surface area contributed by atoms with E-state index < -0.39 is 0 Å². The lowest BCUT2D eigenvalue weighted by Gasteiger charge is -2.21. The van der Waals surface area contributed by atoms with Gasteiger partial charge in [-0.05, 0) is 47.2 Å². The fraction of sp³-hybridized carbons (Fsp3) is 0.267. The van der Waals surface area contributed by atoms with Crippen LogP contribution >= 0.6 is 11.3 Å². The Morgan fingerprint density at radius 3 is 2.94 bits per heavy atom. The molecular formula is C15H15NOS. The molecule has 0 saturated heterocycles. The molecule has 18 heavy (non-hydrogen) atoms. The summed E-state index contributed by atoms with van der Waals surface area (Å²) in [6, 6.07) is 8.63. The molecule has 1 atom stereocenters. The van der Waals surface area contributed by atoms with E-state index >= 15 is 0 Å². The number of thiophene rings is 1. The van der Waals surface area contributed by atoms with Crippen LogP contribution in [0, 0.1) is 6.92 Å². The third-order valence-corrected chi connectivity index (χ3v) is 4.44. The van der Waals surface area contributed by atoms with Gasteiger partial charge in [0, 0.05) is 17.5 Å². The van der Waals surface area contributed by atoms with Crippen LogP contribution in [0.5, 0.6) is 5.75 Å². The van der Waals surface area contributed by atoms with Crippen LogP contribution < -0.4 is 4.74 Å². The molecule has 1 unspecified atom stereocenters. The first-order valence-corrected chi connectivity index (χ1v) is 6.90. The van der Waals surface area contributed by atoms with Gasteiger partial charge < -0.3 is 4.74 Å². The second-order valence-electron chi connectivity index (χ2n) is 4.47. The molecule has 2 nitrogen and oxygen atoms in total. The Balaban J connectivity index is 2.01. The Bertz CT molecular complexity index is 587. The molecule has 0 radical (unpaired) electrons. The standard InChI is InChI=1S/C15H15NOS/c1-10-12-8-13(15-4-3-7-18-15)16-9-11(12)5-6-14(10)17-2/h3-7,9,13H,8H2,1-2H3. The molecule has 0 aliphatic carbocycles. The van der Waals surface area contributed by atoms with Crippen molar-refractivity contribution < 1.29 is 4.74 Å². The van der Waals surface area contributed by atoms with Gasteiger partial charge in [0.15, 0.2) is 0 Å². The van der Waals surface area contributed by atoms with Crippen LogP contribution in [0.2, 0.25) is 0 Å². The lowest BCUT2D eigenvalue weighted by atomic mass is 9.92. The fourth-order valence-electron chi connectivity index (χ4n) is 2.44. The SMILES string of the molecule is COc1ccc2c(c1C)CC(c1cccs1)N=C2. The maximum Gasteiger partial charge on any atom is 0.122 e. The zero-order valence-corrected chi connectivity index (χ0v) is 11.3. The molecule has 1 aromatic carbocycles. The van der Waals surface area contributed by atoms with Crippen LogP contribution in [0.3, 0.4) is 0 Å². The van der Waals surface area contributed by atoms with Gasteiger partial charge in [-0.2, -0.15) is 0 Å². The summed E-state index contributed by atoms with van der Waals surface area (Å²) in [6.45, 7) is 2.13. The molecular weight excluding hydrogens is 242 g/mol. The molecule has 3 rings (SSSR count). The van der Waals surface area contributed by atoms with E-state index in [9.17, 15) is 0 Å². The third-order valence-electron chi connectivity index (χ3n) is 3.47. The quantitative estimate of drug-likeness (QED) is 0.802. The molecule has 2 heterocycles. The number of nitrogens with zero attached hydrogens (tertiary/aromatic N) is 1. The minimum Gasteiger partial charge on any atom is -0.496 e. The molecule has 1 aliphatic heterocycles. The van der Waals surface area contributed by atoms with Gasteiger partial charge in [0.2, 0.25) is 0 Å². The summed E-state index contributed by atoms with van der Waals surface area (Å²) in [5, 5.41) is 2.11. The molecule has 2 aromatic rings. The summed E-state index contributed by atoms with van der Waals surface area (Å²) < 4.78 is 5.40. The molecule has 0 amide bonds. The van der Waals surface area contributed by atoms with E-state index in [1.54, 1.807) is 18.4 Å². The van der Waals surface area contributed by atoms with Crippen LogP contribution in [-0.2, 0) is 6.42 Å². The number of fused-ring (bicyclic) bond motifs is 1. The predicted octanol–water partition coefficient (Wildman–Crippen LogP) is 3.78. The molecule has 3 heteroatoms. The second-order valence-corrected chi connectivity index (χ2v) is 5.45. The highest BCUT2D eigenvalue weighted by molar-refractivity contribution is 7.10. The van der Waals surface area contributed by atoms with Crippen LogP contribution in [0.4, 0.5) is 0 Å². The second kappa shape index (κ2) is 4.58. The van der Waals surface area contributed by atoms with Crippen LogP contribution in [0.1, 0.15) is 27.6 Å². The summed E-state index contributed by atoms with van der Waals surface area (Å²) >= 11 is 1.77. The molecule has 0 fully saturated rings. The number of benzene rings is 1. The predicted molar refractivity (Wildman–Crippen MR) is 76.1 cm³/mol. The Hall–Kier alpha value is -1.61. The molecule has 0 N–H and O–H groups in total. The molecule has 0 spiro atoms. The number of hydrogen-bond donors (Lipinski definition) is 0. The molecule has 1 aliphatic rings. The van der Waals surface area contributed by atoms with Crippen molar-refractivity contribution in [2.24, 2.45) is 4.99 Å². The third kappa shape index (κ3) is 1.85. The Labute approximate surface area is 111 Å². The first-order chi connectivity index (χ1) is 8.79. The average Bonchev–Trinajstić information content (AvgIpc) is 2.93. The molecule has 1 aromatic heterocycles. The van der Waals surface area contributed by atoms with Gasteiger partial charge in [0.25, 0.3) is 0 Å². The maximum absolute atomic E-state index is 5.40. The average molecular weight is 257 g/mol. The van der Waals surface area contributed by atoms with E-state index in [-0.39, 0.29) is 6.04 Å². The monoisotopic (exact) mass is 257 g/mol. The first-order valence-electron chi connectivity index (χ1n) is 6.02. The lowest BCUT2D eigenvalue weighted by molar-refractivity contribution is 0.410. The van der Waals surface area contributed by atoms with E-state index in [1.807, 2.05) is 12.3 Å². The van der Waals surface area contributed by atoms with Gasteiger partial charge >= 0.3 is 0 Å². The van der Waals surface area contributed by atoms with Crippen LogP contribution in [0.25, 0.3) is 0 Å². The Morgan fingerprint density at radius 2 is 2.22 bits per heavy atom. The van der Waals surface area contributed by atoms with Gasteiger partial charge in [-0.3, -0.25) is 4.99 Å². The zero-order chi connectivity index (χ0) is 12.5. The molecule has 0 bridgehead atoms. The maximum atomic E-state index is 5.40. The number of ether oxygens (including phenoxy) is 1. The number of aliphatic imine (C=N–C) groups is 1. The van der Waals surface area contributed by atoms with Crippen molar-refractivity contribution in [3.8, 4) is 5.75 Å². The van der Waals surface area contributed by atoms with Gasteiger partial charge in [-0.15, -0.1) is 11.3 Å². The highest BCUT2D eigenvalue weighted by Crippen LogP contribution is 2.34. The summed E-state index contributed by atoms with van der Waals surface area (Å²) in [7, 11) is 1.72. The van der Waals surface area contributed by atoms with E-state index in [1.165, 1.54) is 21.6 Å². The summed E-state index contributed by atoms with van der Waals surface area (Å²) in [5.41, 5.74) is 3.83. The topological polar surface area (TPSA) is 21.6 Å². The number of methoxy groups -OCH3 is 1. The summed E-state index contributed by atoms with van der Waals surface area (Å²) in [6.07, 6.45) is 2.96. The summed E-state index contributed by atoms with van der Waals surface area (Å²) in [4.78, 5) is 5.99. The van der Waals surface area contributed by atoms with Crippen molar-refractivity contribution in [2.45, 2.75) is 19.4 Å². The van der Waals surface area contributed by atoms with E-state index in [0.717, 1.165) is 12.2 Å². The number of hydrogen-bond acceptors (Lipinski definition) is 3. The van der Waals surface area contributed by atoms with Crippen molar-refractivity contribution >= 4 is 17.6 Å². The van der Waals surface area contributed by atoms with Crippen molar-refractivity contribution in [1.29, 1.82) is 0 Å². The summed E-state index contributed by atoms with van der Waals surface area (Å²) in [5.74, 6) is 0.967. The fourth-order valence-corrected chi connectivity index (χ4v) is 3.21. The Kier molecular flexibility index (Phi) is 2.92. The van der Waals surface area contributed by atoms with Crippen LogP contribution in [-0.4, -0.2) is 13.3 Å². The van der Waals surface area contributed by atoms with E-state index in [2.05, 4.69) is 35.5 Å². The van der Waals surface area contributed by atoms with Crippen molar-refractivity contribution in [3.05, 3.63) is 51.2 Å². The minimum atomic E-state index is 0.267. The highest BCUT2D eigenvalue weighted by atomic mass is 32.1. The smallest absolute Gasteiger partial charge is 0.122 e. The van der Waals surface area contributed by atoms with E-state index in [0.29, 0.717) is 0 Å². The number of rotatable bonds is 2. The highest BCUT2D eigenvalue weighted by Gasteiger charge is 2.20. The van der Waals surface area contributed by atoms with Gasteiger partial charge in [0.05, 0.1) is 13.2 Å². The lowest BCUT2D eigenvalue weighted by Crippen LogP contribution is -2.10. The van der Waals surface area contributed by atoms with Crippen molar-refractivity contribution in [1.82, 2.24) is 0 Å². The first kappa shape index (κ1) is 11.5. The van der Waals surface area contributed by atoms with Gasteiger partial charge in [-0.25, -0.2) is 0 Å². The van der Waals surface area contributed by atoms with E-state index in [4.69, 9.17) is 4.74 Å².